The van der Waals surface area contributed by atoms with Gasteiger partial charge in [0.15, 0.2) is 0 Å². The van der Waals surface area contributed by atoms with Crippen LogP contribution in [0.4, 0.5) is 22.0 Å². The van der Waals surface area contributed by atoms with E-state index in [9.17, 15) is 22.0 Å². The van der Waals surface area contributed by atoms with E-state index < -0.39 is 24.0 Å². The molecule has 0 amide bonds. The molecule has 0 unspecified atom stereocenters. The minimum absolute atomic E-state index is 0.0187. The molecule has 0 spiro atoms. The van der Waals surface area contributed by atoms with Crippen LogP contribution in [0.5, 0.6) is 0 Å². The van der Waals surface area contributed by atoms with Crippen molar-refractivity contribution in [2.24, 2.45) is 0 Å². The highest BCUT2D eigenvalue weighted by Gasteiger charge is 2.30. The molecule has 10 heteroatoms. The summed E-state index contributed by atoms with van der Waals surface area (Å²) in [6.07, 6.45) is -7.33. The Bertz CT molecular complexity index is 644. The Kier molecular flexibility index (Phi) is 4.97. The van der Waals surface area contributed by atoms with Crippen molar-refractivity contribution in [1.29, 1.82) is 0 Å². The van der Waals surface area contributed by atoms with Gasteiger partial charge < -0.3 is 9.84 Å². The molecule has 0 saturated carbocycles. The summed E-state index contributed by atoms with van der Waals surface area (Å²) < 4.78 is 66.8. The van der Waals surface area contributed by atoms with Crippen LogP contribution in [0.3, 0.4) is 0 Å². The molecule has 0 saturated heterocycles. The molecular formula is C12H9ClF5N3O. The van der Waals surface area contributed by atoms with Gasteiger partial charge in [-0.1, -0.05) is 16.8 Å². The van der Waals surface area contributed by atoms with Crippen molar-refractivity contribution in [3.8, 4) is 0 Å². The molecule has 0 aliphatic rings. The van der Waals surface area contributed by atoms with Gasteiger partial charge in [0.05, 0.1) is 12.1 Å². The van der Waals surface area contributed by atoms with E-state index in [-0.39, 0.29) is 29.6 Å². The molecule has 1 heterocycles. The van der Waals surface area contributed by atoms with Crippen molar-refractivity contribution < 1.29 is 26.5 Å². The molecular weight excluding hydrogens is 333 g/mol. The number of nitrogens with zero attached hydrogens (tertiary/aromatic N) is 2. The third-order valence-corrected chi connectivity index (χ3v) is 3.01. The molecule has 0 fully saturated rings. The predicted molar refractivity (Wildman–Crippen MR) is 66.3 cm³/mol. The van der Waals surface area contributed by atoms with Crippen LogP contribution in [-0.4, -0.2) is 10.1 Å². The van der Waals surface area contributed by atoms with Crippen molar-refractivity contribution >= 4 is 11.6 Å². The van der Waals surface area contributed by atoms with E-state index in [1.165, 1.54) is 0 Å². The molecule has 0 bridgehead atoms. The fourth-order valence-electron chi connectivity index (χ4n) is 1.62. The predicted octanol–water partition coefficient (Wildman–Crippen LogP) is 3.97. The maximum Gasteiger partial charge on any atom is 0.416 e. The number of rotatable bonds is 5. The maximum absolute atomic E-state index is 12.6. The number of hydrogen-bond acceptors (Lipinski definition) is 4. The first-order valence-electron chi connectivity index (χ1n) is 5.94. The Morgan fingerprint density at radius 2 is 1.95 bits per heavy atom. The van der Waals surface area contributed by atoms with Gasteiger partial charge in [-0.2, -0.15) is 18.2 Å². The lowest BCUT2D eigenvalue weighted by molar-refractivity contribution is -0.137. The quantitative estimate of drug-likeness (QED) is 0.836. The van der Waals surface area contributed by atoms with Gasteiger partial charge in [0.25, 0.3) is 0 Å². The molecule has 0 aliphatic carbocycles. The Labute approximate surface area is 126 Å². The largest absolute Gasteiger partial charge is 0.416 e. The number of benzene rings is 1. The normalized spacial score (nSPS) is 12.1. The first-order valence-corrected chi connectivity index (χ1v) is 6.32. The Morgan fingerprint density at radius 3 is 2.55 bits per heavy atom. The second-order valence-corrected chi connectivity index (χ2v) is 4.66. The van der Waals surface area contributed by atoms with Gasteiger partial charge in [-0.15, -0.1) is 0 Å². The van der Waals surface area contributed by atoms with Gasteiger partial charge >= 0.3 is 12.6 Å². The number of hydrogen-bond donors (Lipinski definition) is 1. The summed E-state index contributed by atoms with van der Waals surface area (Å²) in [4.78, 5) is 3.42. The highest BCUT2D eigenvalue weighted by atomic mass is 35.5. The lowest BCUT2D eigenvalue weighted by atomic mass is 10.1. The Hall–Kier alpha value is -1.74. The van der Waals surface area contributed by atoms with Gasteiger partial charge in [0, 0.05) is 11.6 Å². The van der Waals surface area contributed by atoms with Crippen LogP contribution in [0.2, 0.25) is 5.02 Å². The minimum Gasteiger partial charge on any atom is -0.338 e. The van der Waals surface area contributed by atoms with Crippen molar-refractivity contribution in [1.82, 2.24) is 15.5 Å². The molecule has 4 nitrogen and oxygen atoms in total. The minimum atomic E-state index is -4.47. The van der Waals surface area contributed by atoms with Crippen molar-refractivity contribution in [2.75, 3.05) is 0 Å². The zero-order valence-electron chi connectivity index (χ0n) is 10.8. The summed E-state index contributed by atoms with van der Waals surface area (Å²) in [6.45, 7) is -0.0958. The first kappa shape index (κ1) is 16.6. The second kappa shape index (κ2) is 6.57. The topological polar surface area (TPSA) is 51.0 Å². The molecule has 1 N–H and O–H groups in total. The van der Waals surface area contributed by atoms with Gasteiger partial charge in [-0.05, 0) is 23.8 Å². The molecule has 1 aromatic carbocycles. The number of aromatic nitrogens is 2. The van der Waals surface area contributed by atoms with E-state index in [0.29, 0.717) is 0 Å². The summed E-state index contributed by atoms with van der Waals surface area (Å²) in [5.74, 6) is -0.840. The van der Waals surface area contributed by atoms with Gasteiger partial charge in [-0.3, -0.25) is 0 Å². The number of nitrogens with one attached hydrogen (secondary N) is 1. The van der Waals surface area contributed by atoms with Crippen LogP contribution in [-0.2, 0) is 19.3 Å². The second-order valence-electron chi connectivity index (χ2n) is 4.25. The summed E-state index contributed by atoms with van der Waals surface area (Å²) in [6, 6.07) is 2.93. The van der Waals surface area contributed by atoms with E-state index >= 15 is 0 Å². The van der Waals surface area contributed by atoms with E-state index in [1.54, 1.807) is 0 Å². The van der Waals surface area contributed by atoms with Gasteiger partial charge in [-0.25, -0.2) is 8.78 Å². The van der Waals surface area contributed by atoms with E-state index in [2.05, 4.69) is 20.0 Å². The number of alkyl halides is 5. The van der Waals surface area contributed by atoms with Crippen LogP contribution < -0.4 is 5.32 Å². The fraction of sp³-hybridized carbons (Fsp3) is 0.333. The zero-order valence-corrected chi connectivity index (χ0v) is 11.6. The van der Waals surface area contributed by atoms with E-state index in [4.69, 9.17) is 11.6 Å². The fourth-order valence-corrected chi connectivity index (χ4v) is 1.80. The average molecular weight is 342 g/mol. The van der Waals surface area contributed by atoms with Crippen LogP contribution in [0, 0.1) is 0 Å². The summed E-state index contributed by atoms with van der Waals surface area (Å²) in [5.41, 5.74) is -0.614. The maximum atomic E-state index is 12.6. The third kappa shape index (κ3) is 4.14. The lowest BCUT2D eigenvalue weighted by Gasteiger charge is -2.10. The highest BCUT2D eigenvalue weighted by molar-refractivity contribution is 6.31. The van der Waals surface area contributed by atoms with Gasteiger partial charge in [0.1, 0.15) is 0 Å². The van der Waals surface area contributed by atoms with Crippen LogP contribution >= 0.6 is 11.6 Å². The Morgan fingerprint density at radius 1 is 1.23 bits per heavy atom. The molecule has 2 rings (SSSR count). The molecule has 120 valence electrons. The van der Waals surface area contributed by atoms with Crippen LogP contribution in [0.15, 0.2) is 22.7 Å². The smallest absolute Gasteiger partial charge is 0.338 e. The molecule has 2 aromatic rings. The average Bonchev–Trinajstić information content (AvgIpc) is 2.88. The first-order chi connectivity index (χ1) is 10.3. The van der Waals surface area contributed by atoms with Crippen LogP contribution in [0.1, 0.15) is 29.3 Å². The summed E-state index contributed by atoms with van der Waals surface area (Å²) in [5, 5.41) is 5.90. The molecule has 0 radical (unpaired) electrons. The molecule has 0 aliphatic heterocycles. The lowest BCUT2D eigenvalue weighted by Crippen LogP contribution is -2.14. The van der Waals surface area contributed by atoms with E-state index in [1.807, 2.05) is 0 Å². The standard InChI is InChI=1S/C12H9ClF5N3O/c13-8-2-1-7(12(16,17)18)3-6(8)4-19-5-9-20-11(10(14)15)21-22-9/h1-3,10,19H,4-5H2. The molecule has 0 atom stereocenters. The molecule has 22 heavy (non-hydrogen) atoms. The monoisotopic (exact) mass is 341 g/mol. The van der Waals surface area contributed by atoms with Crippen LogP contribution in [0.25, 0.3) is 0 Å². The van der Waals surface area contributed by atoms with E-state index in [0.717, 1.165) is 18.2 Å². The number of halogens is 6. The van der Waals surface area contributed by atoms with Crippen molar-refractivity contribution in [3.05, 3.63) is 46.1 Å². The van der Waals surface area contributed by atoms with Gasteiger partial charge in [0.2, 0.25) is 11.7 Å². The molecule has 1 aromatic heterocycles. The van der Waals surface area contributed by atoms with Crippen molar-refractivity contribution in [3.63, 3.8) is 0 Å². The zero-order chi connectivity index (χ0) is 16.3. The van der Waals surface area contributed by atoms with Crippen molar-refractivity contribution in [2.45, 2.75) is 25.7 Å². The highest BCUT2D eigenvalue weighted by Crippen LogP contribution is 2.31. The summed E-state index contributed by atoms with van der Waals surface area (Å²) in [7, 11) is 0. The SMILES string of the molecule is FC(F)c1noc(CNCc2cc(C(F)(F)F)ccc2Cl)n1. The Balaban J connectivity index is 1.99. The third-order valence-electron chi connectivity index (χ3n) is 2.64. The summed E-state index contributed by atoms with van der Waals surface area (Å²) >= 11 is 5.82.